The quantitative estimate of drug-likeness (QED) is 0.586. The number of carbonyl (C=O) groups is 2. The number of hydrogen-bond acceptors (Lipinski definition) is 5. The molecule has 4 atom stereocenters. The maximum Gasteiger partial charge on any atom is 0.247 e. The third kappa shape index (κ3) is 4.10. The molecular formula is C27H30N2O5. The molecule has 0 aromatic heterocycles. The van der Waals surface area contributed by atoms with Gasteiger partial charge in [0.25, 0.3) is 0 Å². The zero-order valence-corrected chi connectivity index (χ0v) is 19.0. The van der Waals surface area contributed by atoms with Crippen LogP contribution in [-0.4, -0.2) is 58.3 Å². The van der Waals surface area contributed by atoms with Crippen LogP contribution in [0.2, 0.25) is 0 Å². The first-order valence-corrected chi connectivity index (χ1v) is 12.0. The second kappa shape index (κ2) is 9.60. The molecule has 7 heteroatoms. The Morgan fingerprint density at radius 3 is 2.50 bits per heavy atom. The lowest BCUT2D eigenvalue weighted by Gasteiger charge is -2.42. The van der Waals surface area contributed by atoms with Gasteiger partial charge in [-0.25, -0.2) is 0 Å². The number of benzene rings is 2. The zero-order valence-electron chi connectivity index (χ0n) is 19.0. The van der Waals surface area contributed by atoms with E-state index in [4.69, 9.17) is 4.74 Å². The molecule has 1 fully saturated rings. The normalized spacial score (nSPS) is 25.3. The molecule has 2 aromatic rings. The lowest BCUT2D eigenvalue weighted by atomic mass is 9.76. The largest absolute Gasteiger partial charge is 0.486 e. The number of ether oxygens (including phenoxy) is 1. The maximum absolute atomic E-state index is 13.5. The predicted octanol–water partition coefficient (Wildman–Crippen LogP) is 2.14. The maximum atomic E-state index is 13.5. The SMILES string of the molecule is O=C(NCCO)C1=C[C@@H](N(Cc2ccccc2)C(=O)C2CCC2)[C@H](O)[C@H]2Oc3ccccc3[C@@H]12. The van der Waals surface area contributed by atoms with Gasteiger partial charge in [0, 0.05) is 30.1 Å². The molecule has 3 N–H and O–H groups in total. The predicted molar refractivity (Wildman–Crippen MR) is 126 cm³/mol. The lowest BCUT2D eigenvalue weighted by Crippen LogP contribution is -2.56. The van der Waals surface area contributed by atoms with Crippen LogP contribution < -0.4 is 10.1 Å². The highest BCUT2D eigenvalue weighted by molar-refractivity contribution is 5.96. The molecule has 34 heavy (non-hydrogen) atoms. The van der Waals surface area contributed by atoms with Crippen LogP contribution in [0.5, 0.6) is 5.75 Å². The number of hydrogen-bond donors (Lipinski definition) is 3. The molecule has 2 aromatic carbocycles. The summed E-state index contributed by atoms with van der Waals surface area (Å²) in [6.45, 7) is 0.287. The third-order valence-electron chi connectivity index (χ3n) is 7.17. The number of nitrogens with zero attached hydrogens (tertiary/aromatic N) is 1. The van der Waals surface area contributed by atoms with Gasteiger partial charge in [0.1, 0.15) is 18.0 Å². The molecule has 0 saturated heterocycles. The summed E-state index contributed by atoms with van der Waals surface area (Å²) in [5.41, 5.74) is 2.26. The van der Waals surface area contributed by atoms with Crippen molar-refractivity contribution in [3.8, 4) is 5.75 Å². The van der Waals surface area contributed by atoms with Crippen LogP contribution in [0.3, 0.4) is 0 Å². The van der Waals surface area contributed by atoms with E-state index in [0.717, 1.165) is 30.4 Å². The van der Waals surface area contributed by atoms with Gasteiger partial charge in [-0.1, -0.05) is 55.0 Å². The first-order chi connectivity index (χ1) is 16.6. The topological polar surface area (TPSA) is 99.1 Å². The minimum Gasteiger partial charge on any atom is -0.486 e. The smallest absolute Gasteiger partial charge is 0.247 e. The molecule has 1 aliphatic heterocycles. The van der Waals surface area contributed by atoms with E-state index in [2.05, 4.69) is 5.32 Å². The molecule has 1 saturated carbocycles. The minimum atomic E-state index is -1.00. The van der Waals surface area contributed by atoms with Gasteiger partial charge in [0.15, 0.2) is 0 Å². The number of carbonyl (C=O) groups excluding carboxylic acids is 2. The average molecular weight is 463 g/mol. The van der Waals surface area contributed by atoms with Crippen molar-refractivity contribution in [2.24, 2.45) is 5.92 Å². The molecular weight excluding hydrogens is 432 g/mol. The number of nitrogens with one attached hydrogen (secondary N) is 1. The van der Waals surface area contributed by atoms with Gasteiger partial charge >= 0.3 is 0 Å². The van der Waals surface area contributed by atoms with Crippen molar-refractivity contribution in [1.82, 2.24) is 10.2 Å². The summed E-state index contributed by atoms with van der Waals surface area (Å²) < 4.78 is 6.16. The van der Waals surface area contributed by atoms with Crippen molar-refractivity contribution in [3.63, 3.8) is 0 Å². The minimum absolute atomic E-state index is 0.000481. The van der Waals surface area contributed by atoms with Gasteiger partial charge in [-0.05, 0) is 30.5 Å². The summed E-state index contributed by atoms with van der Waals surface area (Å²) >= 11 is 0. The molecule has 5 rings (SSSR count). The molecule has 7 nitrogen and oxygen atoms in total. The molecule has 0 bridgehead atoms. The van der Waals surface area contributed by atoms with Crippen molar-refractivity contribution in [2.75, 3.05) is 13.2 Å². The number of para-hydroxylation sites is 1. The Balaban J connectivity index is 1.54. The van der Waals surface area contributed by atoms with Gasteiger partial charge in [-0.3, -0.25) is 9.59 Å². The summed E-state index contributed by atoms with van der Waals surface area (Å²) in [6.07, 6.45) is 2.76. The summed E-state index contributed by atoms with van der Waals surface area (Å²) in [5, 5.41) is 23.5. The van der Waals surface area contributed by atoms with Crippen molar-refractivity contribution in [1.29, 1.82) is 0 Å². The van der Waals surface area contributed by atoms with Crippen LogP contribution >= 0.6 is 0 Å². The number of aliphatic hydroxyl groups is 2. The lowest BCUT2D eigenvalue weighted by molar-refractivity contribution is -0.144. The fourth-order valence-corrected chi connectivity index (χ4v) is 5.19. The average Bonchev–Trinajstić information content (AvgIpc) is 3.21. The van der Waals surface area contributed by atoms with Crippen LogP contribution in [0.25, 0.3) is 0 Å². The standard InChI is InChI=1S/C27H30N2O5/c30-14-13-28-26(32)20-15-21(24(31)25-23(20)19-11-4-5-12-22(19)34-25)29(27(33)18-9-6-10-18)16-17-7-2-1-3-8-17/h1-5,7-8,11-12,15,18,21,23-25,30-31H,6,9-10,13-14,16H2,(H,28,32)/t21-,23+,24+,25+/m1/s1. The molecule has 0 radical (unpaired) electrons. The summed E-state index contributed by atoms with van der Waals surface area (Å²) in [6, 6.07) is 16.5. The van der Waals surface area contributed by atoms with Crippen LogP contribution in [0, 0.1) is 5.92 Å². The van der Waals surface area contributed by atoms with Gasteiger partial charge in [-0.2, -0.15) is 0 Å². The van der Waals surface area contributed by atoms with Gasteiger partial charge in [-0.15, -0.1) is 0 Å². The van der Waals surface area contributed by atoms with Gasteiger partial charge in [0.05, 0.1) is 18.6 Å². The monoisotopic (exact) mass is 462 g/mol. The molecule has 2 aliphatic carbocycles. The highest BCUT2D eigenvalue weighted by Crippen LogP contribution is 2.47. The second-order valence-electron chi connectivity index (χ2n) is 9.26. The number of rotatable bonds is 7. The van der Waals surface area contributed by atoms with Crippen LogP contribution in [0.15, 0.2) is 66.2 Å². The Labute approximate surface area is 199 Å². The molecule has 178 valence electrons. The van der Waals surface area contributed by atoms with E-state index in [0.29, 0.717) is 17.9 Å². The first kappa shape index (κ1) is 22.6. The molecule has 3 aliphatic rings. The fraction of sp³-hybridized carbons (Fsp3) is 0.407. The molecule has 1 heterocycles. The first-order valence-electron chi connectivity index (χ1n) is 12.0. The molecule has 2 amide bonds. The Kier molecular flexibility index (Phi) is 6.39. The molecule has 0 unspecified atom stereocenters. The van der Waals surface area contributed by atoms with Crippen molar-refractivity contribution >= 4 is 11.8 Å². The van der Waals surface area contributed by atoms with Crippen LogP contribution in [0.4, 0.5) is 0 Å². The highest BCUT2D eigenvalue weighted by atomic mass is 16.5. The Morgan fingerprint density at radius 1 is 1.06 bits per heavy atom. The van der Waals surface area contributed by atoms with E-state index >= 15 is 0 Å². The van der Waals surface area contributed by atoms with Crippen LogP contribution in [0.1, 0.15) is 36.3 Å². The van der Waals surface area contributed by atoms with E-state index in [9.17, 15) is 19.8 Å². The van der Waals surface area contributed by atoms with E-state index in [1.165, 1.54) is 0 Å². The van der Waals surface area contributed by atoms with E-state index in [-0.39, 0.29) is 30.9 Å². The zero-order chi connectivity index (χ0) is 23.7. The van der Waals surface area contributed by atoms with Crippen molar-refractivity contribution in [2.45, 2.75) is 50.0 Å². The van der Waals surface area contributed by atoms with Crippen molar-refractivity contribution < 1.29 is 24.5 Å². The fourth-order valence-electron chi connectivity index (χ4n) is 5.19. The Morgan fingerprint density at radius 2 is 1.79 bits per heavy atom. The summed E-state index contributed by atoms with van der Waals surface area (Å²) in [5.74, 6) is -0.191. The Hall–Kier alpha value is -3.16. The number of fused-ring (bicyclic) bond motifs is 3. The van der Waals surface area contributed by atoms with E-state index < -0.39 is 24.2 Å². The van der Waals surface area contributed by atoms with Gasteiger partial charge < -0.3 is 25.2 Å². The van der Waals surface area contributed by atoms with Crippen LogP contribution in [-0.2, 0) is 16.1 Å². The summed E-state index contributed by atoms with van der Waals surface area (Å²) in [4.78, 5) is 28.4. The Bertz CT molecular complexity index is 1080. The van der Waals surface area contributed by atoms with E-state index in [1.807, 2.05) is 54.6 Å². The second-order valence-corrected chi connectivity index (χ2v) is 9.26. The number of aliphatic hydroxyl groups excluding tert-OH is 2. The third-order valence-corrected chi connectivity index (χ3v) is 7.17. The van der Waals surface area contributed by atoms with Crippen molar-refractivity contribution in [3.05, 3.63) is 77.4 Å². The van der Waals surface area contributed by atoms with Gasteiger partial charge in [0.2, 0.25) is 11.8 Å². The summed E-state index contributed by atoms with van der Waals surface area (Å²) in [7, 11) is 0. The number of amides is 2. The molecule has 0 spiro atoms. The highest BCUT2D eigenvalue weighted by Gasteiger charge is 2.51. The van der Waals surface area contributed by atoms with E-state index in [1.54, 1.807) is 11.0 Å².